The molecule has 19 heavy (non-hydrogen) atoms. The van der Waals surface area contributed by atoms with Gasteiger partial charge >= 0.3 is 0 Å². The minimum Gasteiger partial charge on any atom is -0.329 e. The number of fused-ring (bicyclic) bond motifs is 1. The molecule has 3 unspecified atom stereocenters. The fraction of sp³-hybridized carbons (Fsp3) is 1.00. The van der Waals surface area contributed by atoms with Crippen LogP contribution in [-0.2, 0) is 0 Å². The van der Waals surface area contributed by atoms with Gasteiger partial charge in [-0.1, -0.05) is 6.42 Å². The molecule has 0 bridgehead atoms. The average Bonchev–Trinajstić information content (AvgIpc) is 2.47. The first-order chi connectivity index (χ1) is 9.25. The van der Waals surface area contributed by atoms with Crippen molar-refractivity contribution in [2.75, 3.05) is 37.7 Å². The number of nitrogens with zero attached hydrogens (tertiary/aromatic N) is 2. The van der Waals surface area contributed by atoms with Crippen LogP contribution in [0.4, 0.5) is 0 Å². The predicted octanol–water partition coefficient (Wildman–Crippen LogP) is 1.77. The molecular weight excluding hydrogens is 254 g/mol. The number of nitrogens with two attached hydrogens (primary N) is 1. The van der Waals surface area contributed by atoms with Crippen LogP contribution in [0.2, 0.25) is 0 Å². The van der Waals surface area contributed by atoms with Gasteiger partial charge in [-0.05, 0) is 44.9 Å². The lowest BCUT2D eigenvalue weighted by Crippen LogP contribution is -2.68. The normalized spacial score (nSPS) is 42.0. The number of rotatable bonds is 2. The van der Waals surface area contributed by atoms with Crippen LogP contribution in [0, 0.1) is 0 Å². The van der Waals surface area contributed by atoms with E-state index in [-0.39, 0.29) is 0 Å². The summed E-state index contributed by atoms with van der Waals surface area (Å²) >= 11 is 2.12. The van der Waals surface area contributed by atoms with Crippen molar-refractivity contribution < 1.29 is 0 Å². The molecule has 3 heterocycles. The van der Waals surface area contributed by atoms with E-state index < -0.39 is 0 Å². The van der Waals surface area contributed by atoms with E-state index >= 15 is 0 Å². The van der Waals surface area contributed by atoms with E-state index in [0.29, 0.717) is 11.6 Å². The van der Waals surface area contributed by atoms with Gasteiger partial charge in [-0.25, -0.2) is 0 Å². The molecule has 0 radical (unpaired) electrons. The first-order valence-corrected chi connectivity index (χ1v) is 9.19. The Balaban J connectivity index is 1.75. The first-order valence-electron chi connectivity index (χ1n) is 8.04. The van der Waals surface area contributed by atoms with Gasteiger partial charge in [0.25, 0.3) is 0 Å². The van der Waals surface area contributed by atoms with Crippen LogP contribution in [0.1, 0.15) is 39.0 Å². The average molecular weight is 283 g/mol. The van der Waals surface area contributed by atoms with E-state index in [9.17, 15) is 0 Å². The summed E-state index contributed by atoms with van der Waals surface area (Å²) in [6, 6.07) is 1.48. The molecule has 3 fully saturated rings. The summed E-state index contributed by atoms with van der Waals surface area (Å²) in [5.74, 6) is 2.58. The second-order valence-corrected chi connectivity index (χ2v) is 7.84. The minimum absolute atomic E-state index is 0.297. The van der Waals surface area contributed by atoms with Crippen molar-refractivity contribution in [3.63, 3.8) is 0 Å². The summed E-state index contributed by atoms with van der Waals surface area (Å²) in [5, 5.41) is 0. The Bertz CT molecular complexity index is 304. The Kier molecular flexibility index (Phi) is 4.42. The van der Waals surface area contributed by atoms with Gasteiger partial charge < -0.3 is 5.73 Å². The van der Waals surface area contributed by atoms with E-state index in [0.717, 1.165) is 12.6 Å². The van der Waals surface area contributed by atoms with E-state index in [1.54, 1.807) is 0 Å². The summed E-state index contributed by atoms with van der Waals surface area (Å²) in [4.78, 5) is 5.54. The molecule has 0 saturated carbocycles. The van der Waals surface area contributed by atoms with Gasteiger partial charge in [-0.2, -0.15) is 11.8 Å². The fourth-order valence-corrected chi connectivity index (χ4v) is 5.66. The van der Waals surface area contributed by atoms with Crippen molar-refractivity contribution in [3.8, 4) is 0 Å². The highest BCUT2D eigenvalue weighted by Crippen LogP contribution is 2.36. The smallest absolute Gasteiger partial charge is 0.0426 e. The molecule has 0 amide bonds. The molecule has 0 aromatic rings. The molecule has 0 aliphatic carbocycles. The van der Waals surface area contributed by atoms with E-state index in [4.69, 9.17) is 5.73 Å². The van der Waals surface area contributed by atoms with Gasteiger partial charge in [-0.15, -0.1) is 0 Å². The van der Waals surface area contributed by atoms with Gasteiger partial charge in [0.1, 0.15) is 0 Å². The summed E-state index contributed by atoms with van der Waals surface area (Å²) < 4.78 is 0. The molecule has 3 aliphatic heterocycles. The number of piperazine rings is 1. The third-order valence-electron chi connectivity index (χ3n) is 5.48. The van der Waals surface area contributed by atoms with Crippen LogP contribution < -0.4 is 5.73 Å². The number of hydrogen-bond donors (Lipinski definition) is 1. The lowest BCUT2D eigenvalue weighted by atomic mass is 9.87. The van der Waals surface area contributed by atoms with E-state index in [2.05, 4.69) is 28.5 Å². The standard InChI is InChI=1S/C15H29N3S/c1-13-9-17-7-3-2-5-14(17)10-18(13)15(11-16)6-4-8-19-12-15/h13-14H,2-12,16H2,1H3. The molecule has 110 valence electrons. The number of piperidine rings is 1. The lowest BCUT2D eigenvalue weighted by Gasteiger charge is -2.55. The van der Waals surface area contributed by atoms with E-state index in [1.807, 2.05) is 0 Å². The number of hydrogen-bond acceptors (Lipinski definition) is 4. The van der Waals surface area contributed by atoms with Gasteiger partial charge in [-0.3, -0.25) is 9.80 Å². The highest BCUT2D eigenvalue weighted by Gasteiger charge is 2.44. The van der Waals surface area contributed by atoms with Crippen LogP contribution in [0.25, 0.3) is 0 Å². The molecule has 2 N–H and O–H groups in total. The second kappa shape index (κ2) is 5.92. The molecule has 0 spiro atoms. The maximum absolute atomic E-state index is 6.23. The molecule has 3 nitrogen and oxygen atoms in total. The van der Waals surface area contributed by atoms with Gasteiger partial charge in [0.15, 0.2) is 0 Å². The molecular formula is C15H29N3S. The summed E-state index contributed by atoms with van der Waals surface area (Å²) in [7, 11) is 0. The molecule has 4 heteroatoms. The lowest BCUT2D eigenvalue weighted by molar-refractivity contribution is -0.0408. The Morgan fingerprint density at radius 1 is 1.26 bits per heavy atom. The first kappa shape index (κ1) is 14.2. The summed E-state index contributed by atoms with van der Waals surface area (Å²) in [5.41, 5.74) is 6.53. The highest BCUT2D eigenvalue weighted by atomic mass is 32.2. The maximum Gasteiger partial charge on any atom is 0.0426 e. The summed E-state index contributed by atoms with van der Waals surface area (Å²) in [6.45, 7) is 7.11. The van der Waals surface area contributed by atoms with Crippen molar-refractivity contribution in [1.29, 1.82) is 0 Å². The zero-order valence-corrected chi connectivity index (χ0v) is 13.1. The Morgan fingerprint density at radius 3 is 2.89 bits per heavy atom. The van der Waals surface area contributed by atoms with Crippen LogP contribution in [0.15, 0.2) is 0 Å². The Labute approximate surface area is 122 Å². The SMILES string of the molecule is CC1CN2CCCCC2CN1C1(CN)CCCSC1. The quantitative estimate of drug-likeness (QED) is 0.837. The van der Waals surface area contributed by atoms with Crippen molar-refractivity contribution >= 4 is 11.8 Å². The minimum atomic E-state index is 0.297. The third-order valence-corrected chi connectivity index (χ3v) is 6.80. The summed E-state index contributed by atoms with van der Waals surface area (Å²) in [6.07, 6.45) is 6.89. The van der Waals surface area contributed by atoms with Gasteiger partial charge in [0.05, 0.1) is 0 Å². The van der Waals surface area contributed by atoms with Crippen LogP contribution in [0.3, 0.4) is 0 Å². The van der Waals surface area contributed by atoms with Crippen LogP contribution in [0.5, 0.6) is 0 Å². The molecule has 0 aromatic carbocycles. The zero-order valence-electron chi connectivity index (χ0n) is 12.3. The van der Waals surface area contributed by atoms with Crippen LogP contribution in [-0.4, -0.2) is 65.1 Å². The Morgan fingerprint density at radius 2 is 2.16 bits per heavy atom. The second-order valence-electron chi connectivity index (χ2n) is 6.73. The molecule has 3 aliphatic rings. The fourth-order valence-electron chi connectivity index (χ4n) is 4.36. The van der Waals surface area contributed by atoms with Crippen LogP contribution >= 0.6 is 11.8 Å². The van der Waals surface area contributed by atoms with Gasteiger partial charge in [0.2, 0.25) is 0 Å². The number of thioether (sulfide) groups is 1. The topological polar surface area (TPSA) is 32.5 Å². The van der Waals surface area contributed by atoms with Crippen molar-refractivity contribution in [3.05, 3.63) is 0 Å². The highest BCUT2D eigenvalue weighted by molar-refractivity contribution is 7.99. The molecule has 3 rings (SSSR count). The largest absolute Gasteiger partial charge is 0.329 e. The van der Waals surface area contributed by atoms with E-state index in [1.165, 1.54) is 63.2 Å². The Hall–Kier alpha value is 0.230. The molecule has 3 saturated heterocycles. The molecule has 3 atom stereocenters. The zero-order chi connectivity index (χ0) is 13.3. The van der Waals surface area contributed by atoms with Crippen molar-refractivity contribution in [2.24, 2.45) is 5.73 Å². The predicted molar refractivity (Wildman–Crippen MR) is 83.7 cm³/mol. The maximum atomic E-state index is 6.23. The molecule has 0 aromatic heterocycles. The van der Waals surface area contributed by atoms with Crippen molar-refractivity contribution in [2.45, 2.75) is 56.7 Å². The van der Waals surface area contributed by atoms with Crippen molar-refractivity contribution in [1.82, 2.24) is 9.80 Å². The van der Waals surface area contributed by atoms with Gasteiger partial charge in [0, 0.05) is 43.0 Å². The third kappa shape index (κ3) is 2.69. The monoisotopic (exact) mass is 283 g/mol.